The minimum absolute atomic E-state index is 0.0488. The molecular formula is C13H11N3O3. The molecule has 1 aromatic carbocycles. The van der Waals surface area contributed by atoms with Crippen molar-refractivity contribution in [3.05, 3.63) is 52.2 Å². The summed E-state index contributed by atoms with van der Waals surface area (Å²) >= 11 is 0. The van der Waals surface area contributed by atoms with E-state index < -0.39 is 4.92 Å². The van der Waals surface area contributed by atoms with E-state index in [1.165, 1.54) is 18.3 Å². The highest BCUT2D eigenvalue weighted by Crippen LogP contribution is 2.33. The molecule has 0 radical (unpaired) electrons. The molecule has 6 heteroatoms. The van der Waals surface area contributed by atoms with Crippen LogP contribution in [0.25, 0.3) is 0 Å². The first-order valence-corrected chi connectivity index (χ1v) is 5.88. The molecule has 0 saturated heterocycles. The van der Waals surface area contributed by atoms with E-state index in [-0.39, 0.29) is 5.69 Å². The lowest BCUT2D eigenvalue weighted by Gasteiger charge is -2.08. The number of rotatable bonds is 3. The van der Waals surface area contributed by atoms with Gasteiger partial charge in [-0.1, -0.05) is 6.07 Å². The van der Waals surface area contributed by atoms with Crippen LogP contribution in [-0.2, 0) is 6.42 Å². The predicted octanol–water partition coefficient (Wildman–Crippen LogP) is 2.75. The summed E-state index contributed by atoms with van der Waals surface area (Å²) in [6.07, 6.45) is 2.09. The fourth-order valence-corrected chi connectivity index (χ4v) is 2.06. The summed E-state index contributed by atoms with van der Waals surface area (Å²) in [4.78, 5) is 14.0. The van der Waals surface area contributed by atoms with Gasteiger partial charge in [0.15, 0.2) is 0 Å². The second-order valence-corrected chi connectivity index (χ2v) is 4.17. The van der Waals surface area contributed by atoms with Crippen LogP contribution in [0.1, 0.15) is 5.56 Å². The van der Waals surface area contributed by atoms with Crippen LogP contribution in [0.4, 0.5) is 11.4 Å². The molecule has 2 aromatic rings. The van der Waals surface area contributed by atoms with Gasteiger partial charge in [-0.2, -0.15) is 0 Å². The Morgan fingerprint density at radius 1 is 1.32 bits per heavy atom. The minimum Gasteiger partial charge on any atom is -0.439 e. The van der Waals surface area contributed by atoms with Crippen LogP contribution >= 0.6 is 0 Å². The minimum atomic E-state index is -0.485. The van der Waals surface area contributed by atoms with Gasteiger partial charge in [0, 0.05) is 29.9 Å². The van der Waals surface area contributed by atoms with Crippen molar-refractivity contribution in [3.8, 4) is 11.6 Å². The molecule has 1 aromatic heterocycles. The number of nitrogens with zero attached hydrogens (tertiary/aromatic N) is 2. The second kappa shape index (κ2) is 4.56. The highest BCUT2D eigenvalue weighted by molar-refractivity contribution is 5.61. The maximum atomic E-state index is 10.5. The number of nitrogens with one attached hydrogen (secondary N) is 1. The zero-order valence-corrected chi connectivity index (χ0v) is 10.00. The first-order chi connectivity index (χ1) is 9.24. The van der Waals surface area contributed by atoms with Crippen LogP contribution in [-0.4, -0.2) is 16.5 Å². The zero-order chi connectivity index (χ0) is 13.2. The van der Waals surface area contributed by atoms with Crippen molar-refractivity contribution in [2.45, 2.75) is 6.42 Å². The van der Waals surface area contributed by atoms with E-state index in [2.05, 4.69) is 10.3 Å². The third-order valence-corrected chi connectivity index (χ3v) is 2.97. The van der Waals surface area contributed by atoms with Crippen molar-refractivity contribution in [1.29, 1.82) is 0 Å². The molecule has 0 spiro atoms. The van der Waals surface area contributed by atoms with Gasteiger partial charge in [0.1, 0.15) is 11.9 Å². The maximum Gasteiger partial charge on any atom is 0.287 e. The van der Waals surface area contributed by atoms with Gasteiger partial charge in [0.05, 0.1) is 4.92 Å². The Bertz CT molecular complexity index is 626. The molecule has 1 N–H and O–H groups in total. The molecular weight excluding hydrogens is 246 g/mol. The molecule has 96 valence electrons. The summed E-state index contributed by atoms with van der Waals surface area (Å²) < 4.78 is 5.68. The summed E-state index contributed by atoms with van der Waals surface area (Å²) in [6, 6.07) is 8.65. The van der Waals surface area contributed by atoms with E-state index in [1.54, 1.807) is 0 Å². The smallest absolute Gasteiger partial charge is 0.287 e. The normalized spacial score (nSPS) is 12.6. The average Bonchev–Trinajstić information content (AvgIpc) is 2.89. The number of hydrogen-bond donors (Lipinski definition) is 1. The van der Waals surface area contributed by atoms with Gasteiger partial charge in [0.25, 0.3) is 5.69 Å². The molecule has 6 nitrogen and oxygen atoms in total. The lowest BCUT2D eigenvalue weighted by Crippen LogP contribution is -1.93. The van der Waals surface area contributed by atoms with Crippen molar-refractivity contribution < 1.29 is 9.66 Å². The van der Waals surface area contributed by atoms with Crippen LogP contribution < -0.4 is 10.1 Å². The lowest BCUT2D eigenvalue weighted by molar-refractivity contribution is -0.385. The number of ether oxygens (including phenoxy) is 1. The molecule has 0 fully saturated rings. The monoisotopic (exact) mass is 257 g/mol. The number of nitro groups is 1. The largest absolute Gasteiger partial charge is 0.439 e. The molecule has 19 heavy (non-hydrogen) atoms. The van der Waals surface area contributed by atoms with Crippen LogP contribution in [0, 0.1) is 10.1 Å². The molecule has 0 amide bonds. The molecule has 1 aliphatic rings. The quantitative estimate of drug-likeness (QED) is 0.675. The van der Waals surface area contributed by atoms with Gasteiger partial charge in [-0.3, -0.25) is 10.1 Å². The van der Waals surface area contributed by atoms with Gasteiger partial charge in [-0.25, -0.2) is 4.98 Å². The van der Waals surface area contributed by atoms with Crippen molar-refractivity contribution in [2.24, 2.45) is 0 Å². The number of fused-ring (bicyclic) bond motifs is 1. The van der Waals surface area contributed by atoms with E-state index >= 15 is 0 Å². The van der Waals surface area contributed by atoms with E-state index in [1.807, 2.05) is 18.2 Å². The highest BCUT2D eigenvalue weighted by atomic mass is 16.6. The third-order valence-electron chi connectivity index (χ3n) is 2.97. The summed E-state index contributed by atoms with van der Waals surface area (Å²) in [6.45, 7) is 0.892. The topological polar surface area (TPSA) is 77.3 Å². The van der Waals surface area contributed by atoms with Crippen molar-refractivity contribution in [2.75, 3.05) is 11.9 Å². The Labute approximate surface area is 109 Å². The SMILES string of the molecule is O=[N+]([O-])c1ccc(Oc2cccc3c2CCN3)nc1. The first kappa shape index (κ1) is 11.5. The molecule has 0 saturated carbocycles. The Balaban J connectivity index is 1.86. The van der Waals surface area contributed by atoms with E-state index in [0.717, 1.165) is 30.0 Å². The summed E-state index contributed by atoms with van der Waals surface area (Å²) in [5, 5.41) is 13.8. The molecule has 0 unspecified atom stereocenters. The van der Waals surface area contributed by atoms with Crippen LogP contribution in [0.15, 0.2) is 36.5 Å². The van der Waals surface area contributed by atoms with E-state index in [0.29, 0.717) is 5.88 Å². The van der Waals surface area contributed by atoms with Gasteiger partial charge in [-0.15, -0.1) is 0 Å². The lowest BCUT2D eigenvalue weighted by atomic mass is 10.1. The standard InChI is InChI=1S/C13H11N3O3/c17-16(18)9-4-5-13(15-8-9)19-12-3-1-2-11-10(12)6-7-14-11/h1-5,8,14H,6-7H2. The Kier molecular flexibility index (Phi) is 2.75. The van der Waals surface area contributed by atoms with Gasteiger partial charge >= 0.3 is 0 Å². The number of aromatic nitrogens is 1. The third kappa shape index (κ3) is 2.20. The molecule has 1 aliphatic heterocycles. The van der Waals surface area contributed by atoms with Crippen LogP contribution in [0.5, 0.6) is 11.6 Å². The Morgan fingerprint density at radius 3 is 2.95 bits per heavy atom. The summed E-state index contributed by atoms with van der Waals surface area (Å²) in [5.41, 5.74) is 2.13. The number of pyridine rings is 1. The number of anilines is 1. The van der Waals surface area contributed by atoms with Crippen molar-refractivity contribution in [1.82, 2.24) is 4.98 Å². The second-order valence-electron chi connectivity index (χ2n) is 4.17. The number of benzene rings is 1. The predicted molar refractivity (Wildman–Crippen MR) is 69.6 cm³/mol. The molecule has 0 bridgehead atoms. The van der Waals surface area contributed by atoms with Gasteiger partial charge < -0.3 is 10.1 Å². The fourth-order valence-electron chi connectivity index (χ4n) is 2.06. The number of hydrogen-bond acceptors (Lipinski definition) is 5. The summed E-state index contributed by atoms with van der Waals surface area (Å²) in [5.74, 6) is 1.09. The van der Waals surface area contributed by atoms with Gasteiger partial charge in [0.2, 0.25) is 5.88 Å². The highest BCUT2D eigenvalue weighted by Gasteiger charge is 2.15. The molecule has 0 aliphatic carbocycles. The maximum absolute atomic E-state index is 10.5. The first-order valence-electron chi connectivity index (χ1n) is 5.88. The van der Waals surface area contributed by atoms with Crippen LogP contribution in [0.3, 0.4) is 0 Å². The summed E-state index contributed by atoms with van der Waals surface area (Å²) in [7, 11) is 0. The fraction of sp³-hybridized carbons (Fsp3) is 0.154. The Hall–Kier alpha value is -2.63. The van der Waals surface area contributed by atoms with E-state index in [4.69, 9.17) is 4.74 Å². The van der Waals surface area contributed by atoms with Crippen molar-refractivity contribution >= 4 is 11.4 Å². The van der Waals surface area contributed by atoms with E-state index in [9.17, 15) is 10.1 Å². The van der Waals surface area contributed by atoms with Crippen LogP contribution in [0.2, 0.25) is 0 Å². The zero-order valence-electron chi connectivity index (χ0n) is 10.00. The molecule has 0 atom stereocenters. The van der Waals surface area contributed by atoms with Crippen molar-refractivity contribution in [3.63, 3.8) is 0 Å². The molecule has 3 rings (SSSR count). The average molecular weight is 257 g/mol. The Morgan fingerprint density at radius 2 is 2.21 bits per heavy atom. The van der Waals surface area contributed by atoms with Gasteiger partial charge in [-0.05, 0) is 18.6 Å². The molecule has 2 heterocycles.